The number of aromatic nitrogens is 2. The molecule has 2 heterocycles. The first-order chi connectivity index (χ1) is 7.81. The van der Waals surface area contributed by atoms with Gasteiger partial charge < -0.3 is 15.6 Å². The highest BCUT2D eigenvalue weighted by atomic mass is 16.1. The Bertz CT molecular complexity index is 390. The van der Waals surface area contributed by atoms with Gasteiger partial charge >= 0.3 is 0 Å². The Hall–Kier alpha value is -1.36. The molecule has 2 rings (SSSR count). The third-order valence-electron chi connectivity index (χ3n) is 3.08. The molecule has 1 aliphatic heterocycles. The fourth-order valence-corrected chi connectivity index (χ4v) is 2.31. The minimum Gasteiger partial charge on any atom is -0.353 e. The van der Waals surface area contributed by atoms with E-state index < -0.39 is 0 Å². The molecular weight excluding hydrogens is 204 g/mol. The summed E-state index contributed by atoms with van der Waals surface area (Å²) in [5, 5.41) is 0. The summed E-state index contributed by atoms with van der Waals surface area (Å²) >= 11 is 0. The van der Waals surface area contributed by atoms with Gasteiger partial charge in [-0.15, -0.1) is 0 Å². The molecule has 1 unspecified atom stereocenters. The number of rotatable bonds is 4. The van der Waals surface area contributed by atoms with Crippen LogP contribution in [0.15, 0.2) is 17.2 Å². The Morgan fingerprint density at radius 3 is 3.25 bits per heavy atom. The molecule has 0 saturated carbocycles. The van der Waals surface area contributed by atoms with Crippen molar-refractivity contribution < 1.29 is 0 Å². The first-order valence-corrected chi connectivity index (χ1v) is 5.82. The Kier molecular flexibility index (Phi) is 3.56. The molecule has 0 radical (unpaired) electrons. The number of aromatic amines is 1. The second kappa shape index (κ2) is 5.12. The highest BCUT2D eigenvalue weighted by molar-refractivity contribution is 5.39. The number of nitrogens with zero attached hydrogens (tertiary/aromatic N) is 2. The highest BCUT2D eigenvalue weighted by Gasteiger charge is 2.24. The topological polar surface area (TPSA) is 75.0 Å². The van der Waals surface area contributed by atoms with Gasteiger partial charge in [-0.05, 0) is 32.2 Å². The van der Waals surface area contributed by atoms with Crippen molar-refractivity contribution >= 4 is 5.82 Å². The zero-order valence-corrected chi connectivity index (χ0v) is 9.35. The molecule has 1 aromatic heterocycles. The van der Waals surface area contributed by atoms with Crippen molar-refractivity contribution in [2.75, 3.05) is 18.0 Å². The predicted octanol–water partition coefficient (Wildman–Crippen LogP) is 0.478. The zero-order valence-electron chi connectivity index (χ0n) is 9.35. The smallest absolute Gasteiger partial charge is 0.252 e. The van der Waals surface area contributed by atoms with Gasteiger partial charge in [-0.3, -0.25) is 4.79 Å². The summed E-state index contributed by atoms with van der Waals surface area (Å²) in [5.74, 6) is 0.795. The molecule has 16 heavy (non-hydrogen) atoms. The summed E-state index contributed by atoms with van der Waals surface area (Å²) in [6.45, 7) is 1.72. The number of nitrogens with two attached hydrogens (primary N) is 1. The Morgan fingerprint density at radius 1 is 1.62 bits per heavy atom. The van der Waals surface area contributed by atoms with E-state index in [1.807, 2.05) is 0 Å². The van der Waals surface area contributed by atoms with Crippen molar-refractivity contribution in [3.05, 3.63) is 22.7 Å². The molecule has 1 fully saturated rings. The summed E-state index contributed by atoms with van der Waals surface area (Å²) in [5.41, 5.74) is 5.44. The molecular formula is C11H18N4O. The number of nitrogens with one attached hydrogen (secondary N) is 1. The van der Waals surface area contributed by atoms with E-state index in [0.717, 1.165) is 31.7 Å². The van der Waals surface area contributed by atoms with Gasteiger partial charge in [0.05, 0.1) is 6.33 Å². The van der Waals surface area contributed by atoms with E-state index >= 15 is 0 Å². The van der Waals surface area contributed by atoms with Crippen LogP contribution in [0.3, 0.4) is 0 Å². The van der Waals surface area contributed by atoms with Gasteiger partial charge in [0.2, 0.25) is 0 Å². The van der Waals surface area contributed by atoms with Crippen LogP contribution < -0.4 is 16.2 Å². The lowest BCUT2D eigenvalue weighted by Crippen LogP contribution is -2.31. The van der Waals surface area contributed by atoms with Crippen LogP contribution in [-0.4, -0.2) is 29.1 Å². The lowest BCUT2D eigenvalue weighted by atomic mass is 10.1. The molecule has 1 atom stereocenters. The number of anilines is 1. The van der Waals surface area contributed by atoms with Crippen LogP contribution in [0.2, 0.25) is 0 Å². The van der Waals surface area contributed by atoms with Crippen LogP contribution in [0.1, 0.15) is 25.7 Å². The molecule has 1 saturated heterocycles. The first-order valence-electron chi connectivity index (χ1n) is 5.82. The summed E-state index contributed by atoms with van der Waals surface area (Å²) in [4.78, 5) is 20.2. The fourth-order valence-electron chi connectivity index (χ4n) is 2.31. The average Bonchev–Trinajstić information content (AvgIpc) is 2.74. The summed E-state index contributed by atoms with van der Waals surface area (Å²) in [6.07, 6.45) is 5.93. The highest BCUT2D eigenvalue weighted by Crippen LogP contribution is 2.25. The molecule has 0 aliphatic carbocycles. The second-order valence-electron chi connectivity index (χ2n) is 4.19. The van der Waals surface area contributed by atoms with Crippen molar-refractivity contribution in [2.45, 2.75) is 31.7 Å². The summed E-state index contributed by atoms with van der Waals surface area (Å²) < 4.78 is 0. The molecule has 0 spiro atoms. The minimum atomic E-state index is -0.0884. The Balaban J connectivity index is 2.10. The molecule has 5 nitrogen and oxygen atoms in total. The maximum atomic E-state index is 11.2. The maximum absolute atomic E-state index is 11.2. The fraction of sp³-hybridized carbons (Fsp3) is 0.636. The second-order valence-corrected chi connectivity index (χ2v) is 4.19. The van der Waals surface area contributed by atoms with E-state index in [1.54, 1.807) is 6.07 Å². The van der Waals surface area contributed by atoms with E-state index in [1.165, 1.54) is 19.2 Å². The largest absolute Gasteiger partial charge is 0.353 e. The summed E-state index contributed by atoms with van der Waals surface area (Å²) in [7, 11) is 0. The Morgan fingerprint density at radius 2 is 2.50 bits per heavy atom. The zero-order chi connectivity index (χ0) is 11.4. The van der Waals surface area contributed by atoms with Crippen molar-refractivity contribution in [1.29, 1.82) is 0 Å². The monoisotopic (exact) mass is 222 g/mol. The first kappa shape index (κ1) is 11.1. The van der Waals surface area contributed by atoms with Crippen molar-refractivity contribution in [3.8, 4) is 0 Å². The molecule has 5 heteroatoms. The minimum absolute atomic E-state index is 0.0884. The predicted molar refractivity (Wildman–Crippen MR) is 63.5 cm³/mol. The normalized spacial score (nSPS) is 20.3. The SMILES string of the molecule is NCCCC1CCCN1c1cc(=O)[nH]cn1. The van der Waals surface area contributed by atoms with E-state index in [0.29, 0.717) is 6.04 Å². The van der Waals surface area contributed by atoms with Gasteiger partial charge in [-0.1, -0.05) is 0 Å². The van der Waals surface area contributed by atoms with E-state index in [4.69, 9.17) is 5.73 Å². The van der Waals surface area contributed by atoms with Gasteiger partial charge in [0.25, 0.3) is 5.56 Å². The van der Waals surface area contributed by atoms with Gasteiger partial charge in [0.15, 0.2) is 0 Å². The molecule has 1 aromatic rings. The van der Waals surface area contributed by atoms with Gasteiger partial charge in [-0.2, -0.15) is 0 Å². The third kappa shape index (κ3) is 2.41. The summed E-state index contributed by atoms with van der Waals surface area (Å²) in [6, 6.07) is 2.07. The van der Waals surface area contributed by atoms with E-state index in [9.17, 15) is 4.79 Å². The lowest BCUT2D eigenvalue weighted by Gasteiger charge is -2.25. The van der Waals surface area contributed by atoms with E-state index in [-0.39, 0.29) is 5.56 Å². The van der Waals surface area contributed by atoms with Crippen LogP contribution >= 0.6 is 0 Å². The van der Waals surface area contributed by atoms with Crippen LogP contribution in [0.5, 0.6) is 0 Å². The Labute approximate surface area is 94.7 Å². The van der Waals surface area contributed by atoms with Crippen LogP contribution in [0.4, 0.5) is 5.82 Å². The van der Waals surface area contributed by atoms with Gasteiger partial charge in [0, 0.05) is 18.7 Å². The lowest BCUT2D eigenvalue weighted by molar-refractivity contribution is 0.581. The third-order valence-corrected chi connectivity index (χ3v) is 3.08. The maximum Gasteiger partial charge on any atom is 0.252 e. The van der Waals surface area contributed by atoms with Crippen LogP contribution in [0.25, 0.3) is 0 Å². The van der Waals surface area contributed by atoms with E-state index in [2.05, 4.69) is 14.9 Å². The molecule has 0 aromatic carbocycles. The van der Waals surface area contributed by atoms with Crippen molar-refractivity contribution in [2.24, 2.45) is 5.73 Å². The molecule has 3 N–H and O–H groups in total. The van der Waals surface area contributed by atoms with Crippen LogP contribution in [0, 0.1) is 0 Å². The quantitative estimate of drug-likeness (QED) is 0.777. The molecule has 1 aliphatic rings. The standard InChI is InChI=1S/C11H18N4O/c12-5-1-3-9-4-2-6-15(9)10-7-11(16)14-8-13-10/h7-9H,1-6,12H2,(H,13,14,16). The molecule has 0 amide bonds. The number of hydrogen-bond donors (Lipinski definition) is 2. The average molecular weight is 222 g/mol. The van der Waals surface area contributed by atoms with Gasteiger partial charge in [-0.25, -0.2) is 4.98 Å². The van der Waals surface area contributed by atoms with Crippen LogP contribution in [-0.2, 0) is 0 Å². The molecule has 0 bridgehead atoms. The van der Waals surface area contributed by atoms with Crippen molar-refractivity contribution in [1.82, 2.24) is 9.97 Å². The molecule has 88 valence electrons. The van der Waals surface area contributed by atoms with Gasteiger partial charge in [0.1, 0.15) is 5.82 Å². The number of H-pyrrole nitrogens is 1. The van der Waals surface area contributed by atoms with Crippen molar-refractivity contribution in [3.63, 3.8) is 0 Å². The number of hydrogen-bond acceptors (Lipinski definition) is 4.